The standard InChI is InChI=1S/C14H9BrClN3O/c15-11-5-8(6-18-13(11)16)19-14(20)10-7-17-12-4-2-1-3-9(10)12/h1-7,17H,(H,19,20). The molecule has 0 bridgehead atoms. The van der Waals surface area contributed by atoms with Crippen molar-refractivity contribution in [2.45, 2.75) is 0 Å². The number of carbonyl (C=O) groups excluding carboxylic acids is 1. The van der Waals surface area contributed by atoms with Crippen LogP contribution in [-0.2, 0) is 0 Å². The molecule has 0 saturated heterocycles. The zero-order chi connectivity index (χ0) is 14.1. The molecule has 0 aliphatic heterocycles. The highest BCUT2D eigenvalue weighted by Gasteiger charge is 2.12. The number of H-pyrrole nitrogens is 1. The van der Waals surface area contributed by atoms with Crippen molar-refractivity contribution in [1.29, 1.82) is 0 Å². The third-order valence-electron chi connectivity index (χ3n) is 2.89. The van der Waals surface area contributed by atoms with E-state index in [2.05, 4.69) is 31.2 Å². The summed E-state index contributed by atoms with van der Waals surface area (Å²) in [4.78, 5) is 19.3. The first-order chi connectivity index (χ1) is 9.65. The molecule has 3 rings (SSSR count). The third kappa shape index (κ3) is 2.42. The van der Waals surface area contributed by atoms with Gasteiger partial charge < -0.3 is 10.3 Å². The Balaban J connectivity index is 1.91. The van der Waals surface area contributed by atoms with Crippen LogP contribution in [0.25, 0.3) is 10.9 Å². The van der Waals surface area contributed by atoms with Crippen molar-refractivity contribution < 1.29 is 4.79 Å². The van der Waals surface area contributed by atoms with Crippen LogP contribution in [0.5, 0.6) is 0 Å². The van der Waals surface area contributed by atoms with Crippen molar-refractivity contribution in [3.63, 3.8) is 0 Å². The fourth-order valence-corrected chi connectivity index (χ4v) is 2.40. The molecule has 0 spiro atoms. The number of amides is 1. The van der Waals surface area contributed by atoms with Crippen molar-refractivity contribution in [2.24, 2.45) is 0 Å². The van der Waals surface area contributed by atoms with Crippen molar-refractivity contribution in [1.82, 2.24) is 9.97 Å². The molecule has 0 radical (unpaired) electrons. The van der Waals surface area contributed by atoms with Crippen LogP contribution < -0.4 is 5.32 Å². The molecule has 0 atom stereocenters. The maximum absolute atomic E-state index is 12.3. The number of halogens is 2. The van der Waals surface area contributed by atoms with E-state index in [4.69, 9.17) is 11.6 Å². The minimum Gasteiger partial charge on any atom is -0.360 e. The first-order valence-corrected chi connectivity index (χ1v) is 7.01. The van der Waals surface area contributed by atoms with Gasteiger partial charge in [0.25, 0.3) is 5.91 Å². The lowest BCUT2D eigenvalue weighted by Gasteiger charge is -2.05. The average molecular weight is 351 g/mol. The zero-order valence-corrected chi connectivity index (χ0v) is 12.5. The van der Waals surface area contributed by atoms with Crippen molar-refractivity contribution in [3.8, 4) is 0 Å². The Labute approximate surface area is 128 Å². The smallest absolute Gasteiger partial charge is 0.257 e. The van der Waals surface area contributed by atoms with E-state index in [-0.39, 0.29) is 5.91 Å². The van der Waals surface area contributed by atoms with Crippen LogP contribution in [0, 0.1) is 0 Å². The summed E-state index contributed by atoms with van der Waals surface area (Å²) in [6.07, 6.45) is 3.21. The van der Waals surface area contributed by atoms with Gasteiger partial charge in [-0.2, -0.15) is 0 Å². The molecule has 6 heteroatoms. The number of aromatic nitrogens is 2. The molecule has 0 unspecified atom stereocenters. The van der Waals surface area contributed by atoms with E-state index in [9.17, 15) is 4.79 Å². The maximum Gasteiger partial charge on any atom is 0.257 e. The Morgan fingerprint density at radius 1 is 1.35 bits per heavy atom. The number of benzene rings is 1. The van der Waals surface area contributed by atoms with Gasteiger partial charge in [0.15, 0.2) is 0 Å². The van der Waals surface area contributed by atoms with Gasteiger partial charge in [-0.05, 0) is 28.1 Å². The number of hydrogen-bond donors (Lipinski definition) is 2. The van der Waals surface area contributed by atoms with Crippen LogP contribution in [0.3, 0.4) is 0 Å². The molecule has 3 aromatic rings. The largest absolute Gasteiger partial charge is 0.360 e. The number of hydrogen-bond acceptors (Lipinski definition) is 2. The Morgan fingerprint density at radius 2 is 2.15 bits per heavy atom. The number of anilines is 1. The van der Waals surface area contributed by atoms with Crippen LogP contribution in [0.1, 0.15) is 10.4 Å². The van der Waals surface area contributed by atoms with E-state index in [1.54, 1.807) is 12.3 Å². The van der Waals surface area contributed by atoms with Crippen LogP contribution >= 0.6 is 27.5 Å². The van der Waals surface area contributed by atoms with Gasteiger partial charge in [-0.25, -0.2) is 4.98 Å². The summed E-state index contributed by atoms with van der Waals surface area (Å²) in [5, 5.41) is 4.03. The average Bonchev–Trinajstić information content (AvgIpc) is 2.87. The first-order valence-electron chi connectivity index (χ1n) is 5.83. The lowest BCUT2D eigenvalue weighted by atomic mass is 10.1. The molecule has 1 aromatic carbocycles. The van der Waals surface area contributed by atoms with E-state index < -0.39 is 0 Å². The van der Waals surface area contributed by atoms with Gasteiger partial charge in [0.2, 0.25) is 0 Å². The van der Waals surface area contributed by atoms with Crippen molar-refractivity contribution in [3.05, 3.63) is 57.9 Å². The zero-order valence-electron chi connectivity index (χ0n) is 10.2. The Bertz CT molecular complexity index is 800. The minimum atomic E-state index is -0.196. The highest BCUT2D eigenvalue weighted by atomic mass is 79.9. The summed E-state index contributed by atoms with van der Waals surface area (Å²) in [7, 11) is 0. The number of nitrogens with one attached hydrogen (secondary N) is 2. The van der Waals surface area contributed by atoms with E-state index >= 15 is 0 Å². The molecule has 0 fully saturated rings. The van der Waals surface area contributed by atoms with Crippen LogP contribution in [0.2, 0.25) is 5.15 Å². The molecule has 20 heavy (non-hydrogen) atoms. The number of carbonyl (C=O) groups is 1. The topological polar surface area (TPSA) is 57.8 Å². The van der Waals surface area contributed by atoms with Gasteiger partial charge in [-0.1, -0.05) is 29.8 Å². The predicted octanol–water partition coefficient (Wildman–Crippen LogP) is 4.23. The fourth-order valence-electron chi connectivity index (χ4n) is 1.95. The molecule has 0 saturated carbocycles. The van der Waals surface area contributed by atoms with Crippen molar-refractivity contribution >= 4 is 50.0 Å². The van der Waals surface area contributed by atoms with Crippen LogP contribution in [0.4, 0.5) is 5.69 Å². The SMILES string of the molecule is O=C(Nc1cnc(Cl)c(Br)c1)c1c[nH]c2ccccc12. The first kappa shape index (κ1) is 13.1. The summed E-state index contributed by atoms with van der Waals surface area (Å²) in [5.74, 6) is -0.196. The molecular weight excluding hydrogens is 342 g/mol. The molecular formula is C14H9BrClN3O. The summed E-state index contributed by atoms with van der Waals surface area (Å²) >= 11 is 9.09. The van der Waals surface area contributed by atoms with Gasteiger partial charge in [-0.3, -0.25) is 4.79 Å². The lowest BCUT2D eigenvalue weighted by molar-refractivity contribution is 0.102. The number of aromatic amines is 1. The second kappa shape index (κ2) is 5.26. The molecule has 2 aromatic heterocycles. The second-order valence-corrected chi connectivity index (χ2v) is 5.41. The lowest BCUT2D eigenvalue weighted by Crippen LogP contribution is -2.11. The summed E-state index contributed by atoms with van der Waals surface area (Å²) in [6, 6.07) is 9.35. The summed E-state index contributed by atoms with van der Waals surface area (Å²) in [6.45, 7) is 0. The molecule has 0 aliphatic rings. The number of rotatable bonds is 2. The van der Waals surface area contributed by atoms with Crippen molar-refractivity contribution in [2.75, 3.05) is 5.32 Å². The molecule has 4 nitrogen and oxygen atoms in total. The highest BCUT2D eigenvalue weighted by molar-refractivity contribution is 9.10. The molecule has 0 aliphatic carbocycles. The normalized spacial score (nSPS) is 10.7. The molecule has 2 heterocycles. The molecule has 1 amide bonds. The maximum atomic E-state index is 12.3. The fraction of sp³-hybridized carbons (Fsp3) is 0. The second-order valence-electron chi connectivity index (χ2n) is 4.20. The third-order valence-corrected chi connectivity index (χ3v) is 4.02. The van der Waals surface area contributed by atoms with E-state index in [0.29, 0.717) is 20.9 Å². The number of nitrogens with zero attached hydrogens (tertiary/aromatic N) is 1. The van der Waals surface area contributed by atoms with E-state index in [1.807, 2.05) is 24.3 Å². The van der Waals surface area contributed by atoms with E-state index in [1.165, 1.54) is 6.20 Å². The van der Waals surface area contributed by atoms with Crippen LogP contribution in [0.15, 0.2) is 47.2 Å². The highest BCUT2D eigenvalue weighted by Crippen LogP contribution is 2.24. The predicted molar refractivity (Wildman–Crippen MR) is 83.2 cm³/mol. The summed E-state index contributed by atoms with van der Waals surface area (Å²) < 4.78 is 0.635. The van der Waals surface area contributed by atoms with Gasteiger partial charge in [-0.15, -0.1) is 0 Å². The van der Waals surface area contributed by atoms with Gasteiger partial charge >= 0.3 is 0 Å². The summed E-state index contributed by atoms with van der Waals surface area (Å²) in [5.41, 5.74) is 2.09. The Kier molecular flexibility index (Phi) is 3.46. The van der Waals surface area contributed by atoms with Gasteiger partial charge in [0.1, 0.15) is 5.15 Å². The monoisotopic (exact) mass is 349 g/mol. The number of para-hydroxylation sites is 1. The number of pyridine rings is 1. The minimum absolute atomic E-state index is 0.196. The quantitative estimate of drug-likeness (QED) is 0.679. The van der Waals surface area contributed by atoms with E-state index in [0.717, 1.165) is 10.9 Å². The Morgan fingerprint density at radius 3 is 2.95 bits per heavy atom. The van der Waals surface area contributed by atoms with Crippen LogP contribution in [-0.4, -0.2) is 15.9 Å². The van der Waals surface area contributed by atoms with Gasteiger partial charge in [0.05, 0.1) is 21.9 Å². The van der Waals surface area contributed by atoms with Gasteiger partial charge in [0, 0.05) is 17.1 Å². The Hall–Kier alpha value is -1.85. The molecule has 100 valence electrons. The molecule has 2 N–H and O–H groups in total. The number of fused-ring (bicyclic) bond motifs is 1.